The molecule has 0 spiro atoms. The number of hydrogen-bond donors (Lipinski definition) is 1. The SMILES string of the molecule is C=C1C(c2ccc(Oc3ccc(O)cc3)cc2)CCCN1CCS(C)(=O)=O. The van der Waals surface area contributed by atoms with Gasteiger partial charge in [0.1, 0.15) is 27.1 Å². The summed E-state index contributed by atoms with van der Waals surface area (Å²) in [6.07, 6.45) is 3.29. The fraction of sp³-hybridized carbons (Fsp3) is 0.333. The Bertz CT molecular complexity index is 889. The predicted molar refractivity (Wildman–Crippen MR) is 107 cm³/mol. The summed E-state index contributed by atoms with van der Waals surface area (Å²) in [6, 6.07) is 14.5. The lowest BCUT2D eigenvalue weighted by atomic mass is 9.88. The van der Waals surface area contributed by atoms with E-state index in [-0.39, 0.29) is 17.4 Å². The molecule has 0 aliphatic carbocycles. The first-order valence-electron chi connectivity index (χ1n) is 9.00. The maximum atomic E-state index is 11.5. The van der Waals surface area contributed by atoms with Gasteiger partial charge in [0.2, 0.25) is 0 Å². The van der Waals surface area contributed by atoms with Crippen LogP contribution < -0.4 is 4.74 Å². The van der Waals surface area contributed by atoms with E-state index in [2.05, 4.69) is 11.5 Å². The highest BCUT2D eigenvalue weighted by molar-refractivity contribution is 7.90. The first-order valence-corrected chi connectivity index (χ1v) is 11.1. The van der Waals surface area contributed by atoms with Gasteiger partial charge in [0.15, 0.2) is 0 Å². The molecule has 1 heterocycles. The number of nitrogens with zero attached hydrogens (tertiary/aromatic N) is 1. The summed E-state index contributed by atoms with van der Waals surface area (Å²) in [6.45, 7) is 5.58. The van der Waals surface area contributed by atoms with Crippen LogP contribution >= 0.6 is 0 Å². The summed E-state index contributed by atoms with van der Waals surface area (Å²) in [7, 11) is -2.98. The van der Waals surface area contributed by atoms with Gasteiger partial charge < -0.3 is 14.7 Å². The summed E-state index contributed by atoms with van der Waals surface area (Å²) < 4.78 is 28.7. The second kappa shape index (κ2) is 8.05. The lowest BCUT2D eigenvalue weighted by Gasteiger charge is -2.37. The molecule has 144 valence electrons. The van der Waals surface area contributed by atoms with Gasteiger partial charge in [-0.25, -0.2) is 8.42 Å². The third-order valence-electron chi connectivity index (χ3n) is 4.82. The van der Waals surface area contributed by atoms with Crippen LogP contribution in [0.1, 0.15) is 24.3 Å². The number of piperidine rings is 1. The summed E-state index contributed by atoms with van der Waals surface area (Å²) in [5, 5.41) is 9.33. The van der Waals surface area contributed by atoms with E-state index in [4.69, 9.17) is 4.74 Å². The number of rotatable bonds is 6. The quantitative estimate of drug-likeness (QED) is 0.814. The van der Waals surface area contributed by atoms with Gasteiger partial charge in [0, 0.05) is 31.0 Å². The van der Waals surface area contributed by atoms with E-state index in [1.165, 1.54) is 6.26 Å². The van der Waals surface area contributed by atoms with Crippen LogP contribution in [0.4, 0.5) is 0 Å². The van der Waals surface area contributed by atoms with Gasteiger partial charge in [-0.1, -0.05) is 18.7 Å². The molecule has 0 saturated carbocycles. The fourth-order valence-electron chi connectivity index (χ4n) is 3.33. The Hall–Kier alpha value is -2.47. The summed E-state index contributed by atoms with van der Waals surface area (Å²) in [4.78, 5) is 2.09. The zero-order chi connectivity index (χ0) is 19.4. The van der Waals surface area contributed by atoms with Gasteiger partial charge in [0.05, 0.1) is 5.75 Å². The van der Waals surface area contributed by atoms with E-state index in [9.17, 15) is 13.5 Å². The van der Waals surface area contributed by atoms with Crippen molar-refractivity contribution in [3.05, 3.63) is 66.4 Å². The number of aromatic hydroxyl groups is 1. The second-order valence-electron chi connectivity index (χ2n) is 6.97. The van der Waals surface area contributed by atoms with Crippen molar-refractivity contribution < 1.29 is 18.3 Å². The first kappa shape index (κ1) is 19.3. The highest BCUT2D eigenvalue weighted by atomic mass is 32.2. The molecular formula is C21H25NO4S. The molecule has 1 aliphatic rings. The molecule has 1 N–H and O–H groups in total. The predicted octanol–water partition coefficient (Wildman–Crippen LogP) is 3.92. The molecule has 3 rings (SSSR count). The van der Waals surface area contributed by atoms with E-state index in [0.29, 0.717) is 12.3 Å². The second-order valence-corrected chi connectivity index (χ2v) is 9.23. The van der Waals surface area contributed by atoms with Crippen molar-refractivity contribution >= 4 is 9.84 Å². The van der Waals surface area contributed by atoms with Crippen molar-refractivity contribution in [1.29, 1.82) is 0 Å². The fourth-order valence-corrected chi connectivity index (χ4v) is 3.88. The van der Waals surface area contributed by atoms with Crippen molar-refractivity contribution in [3.63, 3.8) is 0 Å². The van der Waals surface area contributed by atoms with Crippen LogP contribution in [0.3, 0.4) is 0 Å². The van der Waals surface area contributed by atoms with Crippen molar-refractivity contribution in [2.24, 2.45) is 0 Å². The minimum absolute atomic E-state index is 0.151. The first-order chi connectivity index (χ1) is 12.8. The van der Waals surface area contributed by atoms with E-state index in [0.717, 1.165) is 36.4 Å². The van der Waals surface area contributed by atoms with Gasteiger partial charge in [-0.2, -0.15) is 0 Å². The highest BCUT2D eigenvalue weighted by Gasteiger charge is 2.25. The number of phenolic OH excluding ortho intramolecular Hbond substituents is 1. The Kier molecular flexibility index (Phi) is 5.75. The molecule has 0 bridgehead atoms. The molecular weight excluding hydrogens is 362 g/mol. The van der Waals surface area contributed by atoms with Crippen molar-refractivity contribution in [1.82, 2.24) is 4.90 Å². The molecule has 27 heavy (non-hydrogen) atoms. The van der Waals surface area contributed by atoms with Crippen LogP contribution in [-0.4, -0.2) is 43.5 Å². The van der Waals surface area contributed by atoms with E-state index >= 15 is 0 Å². The molecule has 5 nitrogen and oxygen atoms in total. The van der Waals surface area contributed by atoms with Crippen LogP contribution in [0.25, 0.3) is 0 Å². The zero-order valence-corrected chi connectivity index (χ0v) is 16.3. The largest absolute Gasteiger partial charge is 0.508 e. The van der Waals surface area contributed by atoms with E-state index in [1.807, 2.05) is 24.3 Å². The number of hydrogen-bond acceptors (Lipinski definition) is 5. The molecule has 1 unspecified atom stereocenters. The van der Waals surface area contributed by atoms with Crippen LogP contribution in [0.2, 0.25) is 0 Å². The number of allylic oxidation sites excluding steroid dienone is 1. The molecule has 2 aromatic carbocycles. The molecule has 0 radical (unpaired) electrons. The van der Waals surface area contributed by atoms with Gasteiger partial charge in [0.25, 0.3) is 0 Å². The molecule has 1 atom stereocenters. The number of likely N-dealkylation sites (tertiary alicyclic amines) is 1. The van der Waals surface area contributed by atoms with E-state index < -0.39 is 9.84 Å². The van der Waals surface area contributed by atoms with Crippen LogP contribution in [0.15, 0.2) is 60.8 Å². The average Bonchev–Trinajstić information content (AvgIpc) is 2.63. The Balaban J connectivity index is 1.66. The molecule has 1 fully saturated rings. The Morgan fingerprint density at radius 2 is 1.70 bits per heavy atom. The highest BCUT2D eigenvalue weighted by Crippen LogP contribution is 2.35. The van der Waals surface area contributed by atoms with Crippen molar-refractivity contribution in [3.8, 4) is 17.2 Å². The number of sulfone groups is 1. The summed E-state index contributed by atoms with van der Waals surface area (Å²) >= 11 is 0. The third kappa shape index (κ3) is 5.26. The Morgan fingerprint density at radius 3 is 2.30 bits per heavy atom. The summed E-state index contributed by atoms with van der Waals surface area (Å²) in [5.41, 5.74) is 2.14. The van der Waals surface area contributed by atoms with Crippen LogP contribution in [-0.2, 0) is 9.84 Å². The zero-order valence-electron chi connectivity index (χ0n) is 15.5. The van der Waals surface area contributed by atoms with Gasteiger partial charge in [-0.15, -0.1) is 0 Å². The monoisotopic (exact) mass is 387 g/mol. The molecule has 2 aromatic rings. The molecule has 6 heteroatoms. The minimum Gasteiger partial charge on any atom is -0.508 e. The summed E-state index contributed by atoms with van der Waals surface area (Å²) in [5.74, 6) is 1.93. The van der Waals surface area contributed by atoms with Gasteiger partial charge in [-0.05, 0) is 54.8 Å². The standard InChI is InChI=1S/C21H25NO4S/c1-16-21(4-3-13-22(16)14-15-27(2,24)25)17-5-9-19(10-6-17)26-20-11-7-18(23)8-12-20/h5-12,21,23H,1,3-4,13-15H2,2H3. The van der Waals surface area contributed by atoms with Crippen LogP contribution in [0.5, 0.6) is 17.2 Å². The van der Waals surface area contributed by atoms with Crippen molar-refractivity contribution in [2.75, 3.05) is 25.1 Å². The molecule has 0 aromatic heterocycles. The lowest BCUT2D eigenvalue weighted by Crippen LogP contribution is -2.35. The molecule has 1 saturated heterocycles. The maximum absolute atomic E-state index is 11.5. The minimum atomic E-state index is -2.98. The number of ether oxygens (including phenoxy) is 1. The maximum Gasteiger partial charge on any atom is 0.149 e. The van der Waals surface area contributed by atoms with Crippen LogP contribution in [0, 0.1) is 0 Å². The lowest BCUT2D eigenvalue weighted by molar-refractivity contribution is 0.286. The normalized spacial score (nSPS) is 17.7. The Labute approximate surface area is 160 Å². The Morgan fingerprint density at radius 1 is 1.11 bits per heavy atom. The smallest absolute Gasteiger partial charge is 0.149 e. The topological polar surface area (TPSA) is 66.8 Å². The van der Waals surface area contributed by atoms with E-state index in [1.54, 1.807) is 24.3 Å². The number of benzene rings is 2. The van der Waals surface area contributed by atoms with Gasteiger partial charge >= 0.3 is 0 Å². The van der Waals surface area contributed by atoms with Crippen molar-refractivity contribution in [2.45, 2.75) is 18.8 Å². The molecule has 0 amide bonds. The average molecular weight is 388 g/mol. The van der Waals surface area contributed by atoms with Gasteiger partial charge in [-0.3, -0.25) is 0 Å². The number of phenols is 1. The third-order valence-corrected chi connectivity index (χ3v) is 5.74. The molecule has 1 aliphatic heterocycles.